The molecule has 0 aliphatic carbocycles. The molecule has 6 rings (SSSR count). The minimum atomic E-state index is -0.790. The van der Waals surface area contributed by atoms with Crippen LogP contribution in [-0.2, 0) is 16.1 Å². The number of nitrogens with zero attached hydrogens (tertiary/aromatic N) is 2. The van der Waals surface area contributed by atoms with E-state index < -0.39 is 12.0 Å². The third-order valence-electron chi connectivity index (χ3n) is 8.04. The first-order valence-electron chi connectivity index (χ1n) is 15.2. The summed E-state index contributed by atoms with van der Waals surface area (Å²) in [5.74, 6) is 1.63. The monoisotopic (exact) mass is 776 g/mol. The van der Waals surface area contributed by atoms with Crippen LogP contribution in [0.3, 0.4) is 0 Å². The molecule has 246 valence electrons. The molecule has 0 bridgehead atoms. The van der Waals surface area contributed by atoms with E-state index in [1.54, 1.807) is 50.8 Å². The summed E-state index contributed by atoms with van der Waals surface area (Å²) in [6, 6.07) is 22.7. The number of allylic oxidation sites excluding steroid dienone is 1. The topological polar surface area (TPSA) is 97.6 Å². The fourth-order valence-corrected chi connectivity index (χ4v) is 7.64. The Morgan fingerprint density at radius 1 is 0.958 bits per heavy atom. The highest BCUT2D eigenvalue weighted by molar-refractivity contribution is 14.1. The van der Waals surface area contributed by atoms with E-state index in [1.165, 1.54) is 18.4 Å². The molecule has 0 saturated heterocycles. The van der Waals surface area contributed by atoms with Crippen molar-refractivity contribution in [1.82, 2.24) is 4.57 Å². The van der Waals surface area contributed by atoms with E-state index in [0.717, 1.165) is 25.5 Å². The molecule has 11 heteroatoms. The molecule has 48 heavy (non-hydrogen) atoms. The van der Waals surface area contributed by atoms with Crippen molar-refractivity contribution in [3.63, 3.8) is 0 Å². The van der Waals surface area contributed by atoms with Gasteiger partial charge in [-0.25, -0.2) is 9.79 Å². The Hall–Kier alpha value is -4.62. The summed E-state index contributed by atoms with van der Waals surface area (Å²) in [5.41, 5.74) is 2.94. The SMILES string of the molecule is CCOC(=O)C1=C(C)N=c2s/c(=C\c3cc(I)c(OCc4cccc5ccccc45)c(OC)c3)c(=O)n2[C@H]1c1ccc(OC)c(OC)c1. The Labute approximate surface area is 294 Å². The minimum absolute atomic E-state index is 0.181. The van der Waals surface area contributed by atoms with Crippen LogP contribution in [0.5, 0.6) is 23.0 Å². The molecule has 0 radical (unpaired) electrons. The van der Waals surface area contributed by atoms with Crippen LogP contribution in [0.25, 0.3) is 16.8 Å². The summed E-state index contributed by atoms with van der Waals surface area (Å²) in [7, 11) is 4.68. The predicted molar refractivity (Wildman–Crippen MR) is 194 cm³/mol. The molecule has 0 saturated carbocycles. The number of esters is 1. The van der Waals surface area contributed by atoms with Gasteiger partial charge in [-0.2, -0.15) is 0 Å². The first-order chi connectivity index (χ1) is 23.3. The third kappa shape index (κ3) is 6.31. The van der Waals surface area contributed by atoms with Gasteiger partial charge in [-0.3, -0.25) is 9.36 Å². The van der Waals surface area contributed by atoms with Crippen molar-refractivity contribution in [2.45, 2.75) is 26.5 Å². The summed E-state index contributed by atoms with van der Waals surface area (Å²) in [6.07, 6.45) is 1.80. The Morgan fingerprint density at radius 3 is 2.46 bits per heavy atom. The lowest BCUT2D eigenvalue weighted by Crippen LogP contribution is -2.40. The molecule has 1 aliphatic rings. The summed E-state index contributed by atoms with van der Waals surface area (Å²) in [6.45, 7) is 4.04. The number of hydrogen-bond acceptors (Lipinski definition) is 9. The number of thiazole rings is 1. The van der Waals surface area contributed by atoms with Crippen molar-refractivity contribution in [1.29, 1.82) is 0 Å². The van der Waals surface area contributed by atoms with E-state index >= 15 is 0 Å². The number of rotatable bonds is 10. The number of methoxy groups -OCH3 is 3. The second kappa shape index (κ2) is 14.2. The van der Waals surface area contributed by atoms with Gasteiger partial charge in [0.25, 0.3) is 5.56 Å². The third-order valence-corrected chi connectivity index (χ3v) is 9.83. The van der Waals surface area contributed by atoms with Crippen LogP contribution in [-0.4, -0.2) is 38.5 Å². The number of fused-ring (bicyclic) bond motifs is 2. The van der Waals surface area contributed by atoms with E-state index in [4.69, 9.17) is 23.7 Å². The highest BCUT2D eigenvalue weighted by atomic mass is 127. The van der Waals surface area contributed by atoms with Gasteiger partial charge in [0.15, 0.2) is 27.8 Å². The Morgan fingerprint density at radius 2 is 1.71 bits per heavy atom. The molecule has 1 atom stereocenters. The van der Waals surface area contributed by atoms with Crippen LogP contribution in [0.15, 0.2) is 93.9 Å². The molecule has 4 aromatic carbocycles. The first-order valence-corrected chi connectivity index (χ1v) is 17.1. The first kappa shape index (κ1) is 33.3. The van der Waals surface area contributed by atoms with E-state index in [0.29, 0.717) is 50.2 Å². The lowest BCUT2D eigenvalue weighted by atomic mass is 9.95. The largest absolute Gasteiger partial charge is 0.493 e. The lowest BCUT2D eigenvalue weighted by Gasteiger charge is -2.25. The van der Waals surface area contributed by atoms with Gasteiger partial charge in [0.1, 0.15) is 6.61 Å². The van der Waals surface area contributed by atoms with Gasteiger partial charge in [-0.1, -0.05) is 59.9 Å². The highest BCUT2D eigenvalue weighted by Gasteiger charge is 2.34. The van der Waals surface area contributed by atoms with Crippen molar-refractivity contribution >= 4 is 56.7 Å². The minimum Gasteiger partial charge on any atom is -0.493 e. The molecule has 5 aromatic rings. The Bertz CT molecular complexity index is 2250. The van der Waals surface area contributed by atoms with E-state index in [-0.39, 0.29) is 17.7 Å². The number of hydrogen-bond donors (Lipinski definition) is 0. The lowest BCUT2D eigenvalue weighted by molar-refractivity contribution is -0.139. The van der Waals surface area contributed by atoms with Gasteiger partial charge in [-0.05, 0) is 94.2 Å². The van der Waals surface area contributed by atoms with Gasteiger partial charge in [0.2, 0.25) is 0 Å². The summed E-state index contributed by atoms with van der Waals surface area (Å²) < 4.78 is 31.3. The summed E-state index contributed by atoms with van der Waals surface area (Å²) in [4.78, 5) is 32.6. The van der Waals surface area contributed by atoms with Gasteiger partial charge in [0, 0.05) is 0 Å². The molecule has 1 aromatic heterocycles. The molecule has 0 unspecified atom stereocenters. The quantitative estimate of drug-likeness (QED) is 0.124. The second-order valence-electron chi connectivity index (χ2n) is 10.9. The molecule has 2 heterocycles. The Balaban J connectivity index is 1.41. The summed E-state index contributed by atoms with van der Waals surface area (Å²) in [5, 5.41) is 2.28. The van der Waals surface area contributed by atoms with Gasteiger partial charge in [0.05, 0.1) is 53.4 Å². The van der Waals surface area contributed by atoms with Crippen LogP contribution in [0.2, 0.25) is 0 Å². The van der Waals surface area contributed by atoms with Gasteiger partial charge in [-0.15, -0.1) is 0 Å². The maximum Gasteiger partial charge on any atom is 0.338 e. The number of halogens is 1. The van der Waals surface area contributed by atoms with Gasteiger partial charge >= 0.3 is 5.97 Å². The second-order valence-corrected chi connectivity index (χ2v) is 13.0. The smallest absolute Gasteiger partial charge is 0.338 e. The fourth-order valence-electron chi connectivity index (χ4n) is 5.81. The number of carbonyl (C=O) groups is 1. The van der Waals surface area contributed by atoms with Crippen LogP contribution in [0, 0.1) is 3.57 Å². The summed E-state index contributed by atoms with van der Waals surface area (Å²) >= 11 is 3.47. The van der Waals surface area contributed by atoms with E-state index in [1.807, 2.05) is 36.4 Å². The highest BCUT2D eigenvalue weighted by Crippen LogP contribution is 2.37. The maximum absolute atomic E-state index is 14.2. The zero-order chi connectivity index (χ0) is 33.9. The van der Waals surface area contributed by atoms with Gasteiger partial charge < -0.3 is 23.7 Å². The Kier molecular flexibility index (Phi) is 9.88. The van der Waals surface area contributed by atoms with Crippen molar-refractivity contribution in [2.75, 3.05) is 27.9 Å². The number of benzene rings is 4. The van der Waals surface area contributed by atoms with Crippen molar-refractivity contribution < 1.29 is 28.5 Å². The molecular weight excluding hydrogens is 743 g/mol. The van der Waals surface area contributed by atoms with Crippen molar-refractivity contribution in [3.8, 4) is 23.0 Å². The molecular formula is C37H33IN2O7S. The molecule has 0 N–H and O–H groups in total. The van der Waals surface area contributed by atoms with Crippen LogP contribution >= 0.6 is 33.9 Å². The zero-order valence-corrected chi connectivity index (χ0v) is 30.0. The van der Waals surface area contributed by atoms with Crippen LogP contribution in [0.1, 0.15) is 36.6 Å². The molecule has 9 nitrogen and oxygen atoms in total. The molecule has 0 amide bonds. The number of aromatic nitrogens is 1. The van der Waals surface area contributed by atoms with E-state index in [9.17, 15) is 9.59 Å². The van der Waals surface area contributed by atoms with Crippen molar-refractivity contribution in [3.05, 3.63) is 124 Å². The fraction of sp³-hybridized carbons (Fsp3) is 0.216. The molecule has 1 aliphatic heterocycles. The molecule has 0 fully saturated rings. The zero-order valence-electron chi connectivity index (χ0n) is 27.0. The predicted octanol–water partition coefficient (Wildman–Crippen LogP) is 6.16. The number of carbonyl (C=O) groups excluding carboxylic acids is 1. The average molecular weight is 777 g/mol. The average Bonchev–Trinajstić information content (AvgIpc) is 3.39. The maximum atomic E-state index is 14.2. The normalized spacial score (nSPS) is 14.4. The van der Waals surface area contributed by atoms with Crippen molar-refractivity contribution in [2.24, 2.45) is 4.99 Å². The van der Waals surface area contributed by atoms with Crippen LogP contribution < -0.4 is 33.8 Å². The van der Waals surface area contributed by atoms with E-state index in [2.05, 4.69) is 51.8 Å². The molecule has 0 spiro atoms. The number of ether oxygens (including phenoxy) is 5. The standard InChI is InChI=1S/C37H33IN2O7S/c1-6-46-36(42)32-21(2)39-37-40(33(32)24-14-15-28(43-3)29(19-24)44-4)35(41)31(48-37)18-22-16-27(38)34(30(17-22)45-5)47-20-25-12-9-11-23-10-7-8-13-26(23)25/h7-19,33H,6,20H2,1-5H3/b31-18-/t33-/m0/s1. The van der Waals surface area contributed by atoms with Crippen LogP contribution in [0.4, 0.5) is 0 Å².